The van der Waals surface area contributed by atoms with Crippen LogP contribution in [0, 0.1) is 15.9 Å². The van der Waals surface area contributed by atoms with Crippen LogP contribution in [0.25, 0.3) is 33.5 Å². The van der Waals surface area contributed by atoms with Gasteiger partial charge in [0.05, 0.1) is 0 Å². The molecule has 0 bridgehead atoms. The van der Waals surface area contributed by atoms with Crippen molar-refractivity contribution in [2.75, 3.05) is 9.80 Å². The van der Waals surface area contributed by atoms with Crippen LogP contribution in [0.15, 0.2) is 219 Å². The molecule has 80 heavy (non-hydrogen) atoms. The molecule has 1 spiro atoms. The van der Waals surface area contributed by atoms with E-state index in [4.69, 9.17) is 9.72 Å². The number of imidazole rings is 1. The van der Waals surface area contributed by atoms with E-state index in [0.717, 1.165) is 77.2 Å². The average molecular weight is 1220 g/mol. The van der Waals surface area contributed by atoms with Gasteiger partial charge >= 0.3 is 322 Å². The van der Waals surface area contributed by atoms with E-state index in [1.54, 1.807) is 0 Å². The molecule has 0 aliphatic carbocycles. The summed E-state index contributed by atoms with van der Waals surface area (Å²) in [6.45, 7) is 20.6. The Balaban J connectivity index is 0.998. The van der Waals surface area contributed by atoms with Crippen LogP contribution in [-0.4, -0.2) is 14.1 Å². The summed E-state index contributed by atoms with van der Waals surface area (Å²) in [5.41, 5.74) is 19.1. The first kappa shape index (κ1) is 51.1. The number of rotatable bonds is 7. The minimum absolute atomic E-state index is 0.0637. The van der Waals surface area contributed by atoms with Crippen molar-refractivity contribution in [2.24, 2.45) is 0 Å². The first-order valence-corrected chi connectivity index (χ1v) is 28.7. The number of benzene rings is 9. The number of anilines is 6. The topological polar surface area (TPSA) is 38.5 Å². The molecule has 0 saturated heterocycles. The van der Waals surface area contributed by atoms with Crippen molar-refractivity contribution < 1.29 is 24.1 Å². The van der Waals surface area contributed by atoms with E-state index in [1.165, 1.54) is 33.4 Å². The van der Waals surface area contributed by atoms with Crippen LogP contribution in [0.3, 0.4) is 0 Å². The molecule has 0 N–H and O–H groups in total. The Morgan fingerprint density at radius 1 is 0.425 bits per heavy atom. The van der Waals surface area contributed by atoms with E-state index in [1.807, 2.05) is 12.3 Å². The van der Waals surface area contributed by atoms with Crippen molar-refractivity contribution in [3.63, 3.8) is 0 Å². The van der Waals surface area contributed by atoms with Crippen LogP contribution >= 0.6 is 0 Å². The number of fused-ring (bicyclic) bond motifs is 9. The molecular weight excluding hydrogens is 1160 g/mol. The minimum atomic E-state index is -0.758. The van der Waals surface area contributed by atoms with Crippen LogP contribution in [0.4, 0.5) is 34.3 Å². The molecular formula is C73H63N5OPt-2. The summed E-state index contributed by atoms with van der Waals surface area (Å²) >= 11 is 2.51. The van der Waals surface area contributed by atoms with Gasteiger partial charge in [0.1, 0.15) is 0 Å². The van der Waals surface area contributed by atoms with Crippen molar-refractivity contribution in [3.05, 3.63) is 273 Å². The number of para-hydroxylation sites is 4. The molecule has 398 valence electrons. The van der Waals surface area contributed by atoms with Crippen LogP contribution in [0.2, 0.25) is 0 Å². The van der Waals surface area contributed by atoms with Crippen molar-refractivity contribution in [1.82, 2.24) is 14.1 Å². The molecule has 0 amide bonds. The first-order chi connectivity index (χ1) is 38.5. The van der Waals surface area contributed by atoms with Gasteiger partial charge in [-0.25, -0.2) is 0 Å². The van der Waals surface area contributed by atoms with E-state index in [2.05, 4.69) is 319 Å². The zero-order chi connectivity index (χ0) is 55.3. The maximum absolute atomic E-state index is 7.08. The van der Waals surface area contributed by atoms with Crippen molar-refractivity contribution in [3.8, 4) is 34.0 Å². The van der Waals surface area contributed by atoms with Crippen LogP contribution in [0.5, 0.6) is 11.5 Å². The fraction of sp³-hybridized carbons (Fsp3) is 0.178. The predicted molar refractivity (Wildman–Crippen MR) is 324 cm³/mol. The molecule has 0 atom stereocenters. The number of pyridine rings is 1. The van der Waals surface area contributed by atoms with Crippen LogP contribution in [-0.2, 0) is 41.0 Å². The SMILES string of the molecule is CC(C)(C)c1cc(-n2[c](=[Pt])n(-c3[c-]c(Oc4[c-]c5c(cc4)C4(c6ccccc6N5c5cc(C(C)(C)C)ccn5)c5ccccc5N(c5ccccc5)c5ccccc54)ccc3)c3ccc(-c4ccccc4)cc32)cc(C(C)(C)C)c1. The molecule has 13 rings (SSSR count). The van der Waals surface area contributed by atoms with Gasteiger partial charge in [0.25, 0.3) is 0 Å². The summed E-state index contributed by atoms with van der Waals surface area (Å²) in [7, 11) is 0. The van der Waals surface area contributed by atoms with Crippen LogP contribution in [0.1, 0.15) is 101 Å². The number of nitrogens with zero attached hydrogens (tertiary/aromatic N) is 5. The molecule has 7 heteroatoms. The molecule has 2 aromatic heterocycles. The third-order valence-electron chi connectivity index (χ3n) is 16.1. The first-order valence-electron chi connectivity index (χ1n) is 27.6. The second kappa shape index (κ2) is 19.2. The van der Waals surface area contributed by atoms with Gasteiger partial charge in [-0.1, -0.05) is 93.6 Å². The van der Waals surface area contributed by atoms with Crippen LogP contribution < -0.4 is 14.5 Å². The van der Waals surface area contributed by atoms with Crippen molar-refractivity contribution >= 4 is 45.3 Å². The third kappa shape index (κ3) is 8.50. The Morgan fingerprint density at radius 2 is 0.988 bits per heavy atom. The Bertz CT molecular complexity index is 4190. The second-order valence-corrected chi connectivity index (χ2v) is 25.3. The van der Waals surface area contributed by atoms with E-state index < -0.39 is 5.41 Å². The molecule has 0 unspecified atom stereocenters. The van der Waals surface area contributed by atoms with Gasteiger partial charge in [-0.2, -0.15) is 0 Å². The van der Waals surface area contributed by atoms with Gasteiger partial charge in [-0.15, -0.1) is 0 Å². The average Bonchev–Trinajstić information content (AvgIpc) is 3.33. The fourth-order valence-electron chi connectivity index (χ4n) is 12.0. The fourth-order valence-corrected chi connectivity index (χ4v) is 13.1. The van der Waals surface area contributed by atoms with E-state index in [9.17, 15) is 0 Å². The summed E-state index contributed by atoms with van der Waals surface area (Å²) in [6.07, 6.45) is 1.94. The van der Waals surface area contributed by atoms with E-state index >= 15 is 0 Å². The molecule has 11 aromatic rings. The Kier molecular flexibility index (Phi) is 12.3. The number of aromatic nitrogens is 3. The monoisotopic (exact) mass is 1220 g/mol. The van der Waals surface area contributed by atoms with Gasteiger partial charge in [-0.3, -0.25) is 0 Å². The summed E-state index contributed by atoms with van der Waals surface area (Å²) in [5, 5.41) is 0. The molecule has 4 heterocycles. The zero-order valence-electron chi connectivity index (χ0n) is 46.7. The maximum atomic E-state index is 7.08. The molecule has 9 aromatic carbocycles. The molecule has 0 fully saturated rings. The van der Waals surface area contributed by atoms with Gasteiger partial charge in [0.2, 0.25) is 0 Å². The second-order valence-electron chi connectivity index (χ2n) is 24.3. The van der Waals surface area contributed by atoms with Gasteiger partial charge in [0, 0.05) is 23.3 Å². The molecule has 0 saturated carbocycles. The molecule has 0 radical (unpaired) electrons. The third-order valence-corrected chi connectivity index (χ3v) is 17.1. The normalized spacial score (nSPS) is 13.7. The molecule has 2 aliphatic rings. The van der Waals surface area contributed by atoms with Gasteiger partial charge in [0.15, 0.2) is 0 Å². The number of ether oxygens (including phenoxy) is 1. The predicted octanol–water partition coefficient (Wildman–Crippen LogP) is 18.8. The Hall–Kier alpha value is -8.31. The van der Waals surface area contributed by atoms with Crippen molar-refractivity contribution in [2.45, 2.75) is 84.0 Å². The standard InChI is InChI=1S/C73H63N5O.Pt/c1-70(2,3)51-39-40-74-69(45-51)78-65-34-21-18-31-61(65)73(59-29-16-19-32-63(59)77(54-25-14-11-15-26-54)64-33-20-17-30-60(64)73)62-37-36-58(47-67(62)78)79-57-28-22-27-55(46-57)75-48-76(56-43-52(71(4,5)6)42-53(44-56)72(7,8)9)68-41-50(35-38-66(68)75)49-23-12-10-13-24-49;/h10-45H,1-9H3;/q-2;. The summed E-state index contributed by atoms with van der Waals surface area (Å²) in [6, 6.07) is 84.6. The summed E-state index contributed by atoms with van der Waals surface area (Å²) < 4.78 is 12.8. The van der Waals surface area contributed by atoms with Crippen molar-refractivity contribution in [1.29, 1.82) is 0 Å². The quantitative estimate of drug-likeness (QED) is 0.149. The number of hydrogen-bond donors (Lipinski definition) is 0. The number of hydrogen-bond acceptors (Lipinski definition) is 4. The van der Waals surface area contributed by atoms with E-state index in [-0.39, 0.29) is 16.2 Å². The molecule has 2 aliphatic heterocycles. The molecule has 6 nitrogen and oxygen atoms in total. The summed E-state index contributed by atoms with van der Waals surface area (Å²) in [4.78, 5) is 9.87. The van der Waals surface area contributed by atoms with Gasteiger partial charge < -0.3 is 4.90 Å². The van der Waals surface area contributed by atoms with Gasteiger partial charge in [-0.05, 0) is 41.3 Å². The Labute approximate surface area is 481 Å². The summed E-state index contributed by atoms with van der Waals surface area (Å²) in [5.74, 6) is 1.95. The van der Waals surface area contributed by atoms with E-state index in [0.29, 0.717) is 11.5 Å². The Morgan fingerprint density at radius 3 is 1.60 bits per heavy atom. The zero-order valence-corrected chi connectivity index (χ0v) is 49.0.